The van der Waals surface area contributed by atoms with E-state index in [4.69, 9.17) is 0 Å². The van der Waals surface area contributed by atoms with Gasteiger partial charge in [-0.15, -0.1) is 0 Å². The second kappa shape index (κ2) is 4.80. The van der Waals surface area contributed by atoms with Crippen LogP contribution in [-0.4, -0.2) is 34.8 Å². The van der Waals surface area contributed by atoms with Crippen molar-refractivity contribution in [2.45, 2.75) is 32.4 Å². The van der Waals surface area contributed by atoms with Gasteiger partial charge in [0, 0.05) is 13.5 Å². The topological polar surface area (TPSA) is 40.6 Å². The van der Waals surface area contributed by atoms with Crippen LogP contribution >= 0.6 is 0 Å². The zero-order valence-electron chi connectivity index (χ0n) is 11.0. The molecule has 0 aliphatic carbocycles. The number of carbonyl (C=O) groups excluding carboxylic acids is 2. The van der Waals surface area contributed by atoms with Crippen molar-refractivity contribution in [1.29, 1.82) is 0 Å². The van der Waals surface area contributed by atoms with Gasteiger partial charge in [0.05, 0.1) is 12.1 Å². The molecule has 1 heterocycles. The van der Waals surface area contributed by atoms with Gasteiger partial charge >= 0.3 is 6.03 Å². The number of likely N-dealkylation sites (N-methyl/N-ethyl adjacent to an activating group) is 1. The summed E-state index contributed by atoms with van der Waals surface area (Å²) in [6.45, 7) is 3.75. The van der Waals surface area contributed by atoms with E-state index in [-0.39, 0.29) is 24.0 Å². The Morgan fingerprint density at radius 2 is 1.89 bits per heavy atom. The zero-order valence-corrected chi connectivity index (χ0v) is 11.0. The molecule has 3 amide bonds. The second-order valence-electron chi connectivity index (χ2n) is 4.61. The van der Waals surface area contributed by atoms with E-state index >= 15 is 0 Å². The van der Waals surface area contributed by atoms with Gasteiger partial charge in [0.25, 0.3) is 0 Å². The number of rotatable bonds is 2. The summed E-state index contributed by atoms with van der Waals surface area (Å²) in [5, 5.41) is 0. The van der Waals surface area contributed by atoms with E-state index in [2.05, 4.69) is 0 Å². The lowest BCUT2D eigenvalue weighted by molar-refractivity contribution is -0.129. The predicted molar refractivity (Wildman–Crippen MR) is 68.9 cm³/mol. The van der Waals surface area contributed by atoms with Crippen LogP contribution in [0.4, 0.5) is 4.79 Å². The average Bonchev–Trinajstić information content (AvgIpc) is 2.63. The number of amides is 3. The van der Waals surface area contributed by atoms with Crippen LogP contribution < -0.4 is 0 Å². The molecule has 0 saturated carbocycles. The van der Waals surface area contributed by atoms with Crippen molar-refractivity contribution in [2.24, 2.45) is 0 Å². The van der Waals surface area contributed by atoms with Gasteiger partial charge < -0.3 is 4.90 Å². The van der Waals surface area contributed by atoms with Crippen molar-refractivity contribution in [3.8, 4) is 0 Å². The molecule has 1 aliphatic rings. The first kappa shape index (κ1) is 12.6. The Balaban J connectivity index is 2.42. The van der Waals surface area contributed by atoms with Gasteiger partial charge in [-0.05, 0) is 12.5 Å². The maximum absolute atomic E-state index is 12.1. The Bertz CT molecular complexity index is 458. The molecule has 0 N–H and O–H groups in total. The standard InChI is InChI=1S/C14H18N2O2/c1-4-12(17)16-13(10(2)15(3)14(16)18)11-8-6-5-7-9-11/h5-10,13H,4H2,1-3H3/t10-,13-/m0/s1. The first-order valence-corrected chi connectivity index (χ1v) is 6.21. The van der Waals surface area contributed by atoms with Crippen molar-refractivity contribution >= 4 is 11.9 Å². The Morgan fingerprint density at radius 3 is 2.44 bits per heavy atom. The Morgan fingerprint density at radius 1 is 1.28 bits per heavy atom. The number of nitrogens with zero attached hydrogens (tertiary/aromatic N) is 2. The number of urea groups is 1. The van der Waals surface area contributed by atoms with Gasteiger partial charge in [-0.25, -0.2) is 4.79 Å². The smallest absolute Gasteiger partial charge is 0.322 e. The molecule has 0 spiro atoms. The highest BCUT2D eigenvalue weighted by molar-refractivity contribution is 5.96. The lowest BCUT2D eigenvalue weighted by Crippen LogP contribution is -2.35. The van der Waals surface area contributed by atoms with Crippen molar-refractivity contribution in [2.75, 3.05) is 7.05 Å². The summed E-state index contributed by atoms with van der Waals surface area (Å²) in [7, 11) is 1.74. The van der Waals surface area contributed by atoms with Crippen molar-refractivity contribution in [3.63, 3.8) is 0 Å². The monoisotopic (exact) mass is 246 g/mol. The molecule has 1 aromatic rings. The van der Waals surface area contributed by atoms with Crippen LogP contribution in [0.2, 0.25) is 0 Å². The normalized spacial score (nSPS) is 23.6. The molecule has 96 valence electrons. The molecule has 1 aliphatic heterocycles. The molecule has 0 aromatic heterocycles. The highest BCUT2D eigenvalue weighted by atomic mass is 16.2. The SMILES string of the molecule is CCC(=O)N1C(=O)N(C)[C@@H](C)[C@H]1c1ccccc1. The number of imide groups is 1. The number of benzene rings is 1. The van der Waals surface area contributed by atoms with Gasteiger partial charge in [0.2, 0.25) is 5.91 Å². The molecule has 4 nitrogen and oxygen atoms in total. The molecule has 1 saturated heterocycles. The van der Waals surface area contributed by atoms with Crippen LogP contribution in [0, 0.1) is 0 Å². The molecule has 0 unspecified atom stereocenters. The number of hydrogen-bond acceptors (Lipinski definition) is 2. The molecule has 1 fully saturated rings. The third-order valence-electron chi connectivity index (χ3n) is 3.57. The average molecular weight is 246 g/mol. The lowest BCUT2D eigenvalue weighted by atomic mass is 10.0. The minimum atomic E-state index is -0.205. The minimum Gasteiger partial charge on any atom is -0.322 e. The summed E-state index contributed by atoms with van der Waals surface area (Å²) in [6, 6.07) is 9.32. The van der Waals surface area contributed by atoms with Crippen molar-refractivity contribution < 1.29 is 9.59 Å². The van der Waals surface area contributed by atoms with Gasteiger partial charge in [0.1, 0.15) is 0 Å². The van der Waals surface area contributed by atoms with Gasteiger partial charge in [-0.1, -0.05) is 37.3 Å². The van der Waals surface area contributed by atoms with Crippen LogP contribution in [0.5, 0.6) is 0 Å². The van der Waals surface area contributed by atoms with Crippen LogP contribution in [0.1, 0.15) is 31.9 Å². The molecule has 18 heavy (non-hydrogen) atoms. The summed E-state index contributed by atoms with van der Waals surface area (Å²) in [6.07, 6.45) is 0.343. The third-order valence-corrected chi connectivity index (χ3v) is 3.57. The second-order valence-corrected chi connectivity index (χ2v) is 4.61. The Labute approximate surface area is 107 Å². The van der Waals surface area contributed by atoms with E-state index in [0.717, 1.165) is 5.56 Å². The molecule has 2 rings (SSSR count). The first-order valence-electron chi connectivity index (χ1n) is 6.21. The molecule has 0 bridgehead atoms. The summed E-state index contributed by atoms with van der Waals surface area (Å²) < 4.78 is 0. The molecular weight excluding hydrogens is 228 g/mol. The van der Waals surface area contributed by atoms with Crippen molar-refractivity contribution in [3.05, 3.63) is 35.9 Å². The fourth-order valence-corrected chi connectivity index (χ4v) is 2.40. The summed E-state index contributed by atoms with van der Waals surface area (Å²) in [5.74, 6) is -0.120. The van der Waals surface area contributed by atoms with Gasteiger partial charge in [-0.2, -0.15) is 0 Å². The summed E-state index contributed by atoms with van der Waals surface area (Å²) in [4.78, 5) is 27.1. The number of hydrogen-bond donors (Lipinski definition) is 0. The fraction of sp³-hybridized carbons (Fsp3) is 0.429. The molecule has 2 atom stereocenters. The van der Waals surface area contributed by atoms with Crippen LogP contribution in [0.15, 0.2) is 30.3 Å². The van der Waals surface area contributed by atoms with Crippen LogP contribution in [-0.2, 0) is 4.79 Å². The first-order chi connectivity index (χ1) is 8.57. The quantitative estimate of drug-likeness (QED) is 0.804. The molecule has 1 aromatic carbocycles. The molecule has 0 radical (unpaired) electrons. The predicted octanol–water partition coefficient (Wildman–Crippen LogP) is 2.42. The lowest BCUT2D eigenvalue weighted by Gasteiger charge is -2.23. The van der Waals surface area contributed by atoms with E-state index in [0.29, 0.717) is 6.42 Å². The Kier molecular flexibility index (Phi) is 3.36. The maximum Gasteiger partial charge on any atom is 0.327 e. The Hall–Kier alpha value is -1.84. The molecule has 4 heteroatoms. The summed E-state index contributed by atoms with van der Waals surface area (Å²) >= 11 is 0. The van der Waals surface area contributed by atoms with Crippen molar-refractivity contribution in [1.82, 2.24) is 9.80 Å². The van der Waals surface area contributed by atoms with Gasteiger partial charge in [-0.3, -0.25) is 9.69 Å². The third kappa shape index (κ3) is 1.88. The van der Waals surface area contributed by atoms with E-state index in [1.807, 2.05) is 37.3 Å². The van der Waals surface area contributed by atoms with E-state index in [1.54, 1.807) is 18.9 Å². The van der Waals surface area contributed by atoms with Crippen LogP contribution in [0.25, 0.3) is 0 Å². The van der Waals surface area contributed by atoms with E-state index in [9.17, 15) is 9.59 Å². The van der Waals surface area contributed by atoms with E-state index in [1.165, 1.54) is 4.90 Å². The number of carbonyl (C=O) groups is 2. The minimum absolute atomic E-state index is 0.00426. The molecular formula is C14H18N2O2. The van der Waals surface area contributed by atoms with E-state index < -0.39 is 0 Å². The van der Waals surface area contributed by atoms with Crippen LogP contribution in [0.3, 0.4) is 0 Å². The fourth-order valence-electron chi connectivity index (χ4n) is 2.40. The maximum atomic E-state index is 12.1. The highest BCUT2D eigenvalue weighted by Gasteiger charge is 2.44. The highest BCUT2D eigenvalue weighted by Crippen LogP contribution is 2.34. The summed E-state index contributed by atoms with van der Waals surface area (Å²) in [5.41, 5.74) is 1.00. The zero-order chi connectivity index (χ0) is 13.3. The largest absolute Gasteiger partial charge is 0.327 e. The van der Waals surface area contributed by atoms with Gasteiger partial charge in [0.15, 0.2) is 0 Å².